The number of rotatable bonds is 3. The fourth-order valence-corrected chi connectivity index (χ4v) is 3.43. The first kappa shape index (κ1) is 14.8. The minimum Gasteiger partial charge on any atom is -0.315 e. The second kappa shape index (κ2) is 6.42. The highest BCUT2D eigenvalue weighted by molar-refractivity contribution is 6.01. The van der Waals surface area contributed by atoms with Crippen LogP contribution >= 0.6 is 0 Å². The topological polar surface area (TPSA) is 54.0 Å². The molecule has 120 valence electrons. The van der Waals surface area contributed by atoms with Crippen LogP contribution in [0.1, 0.15) is 11.5 Å². The lowest BCUT2D eigenvalue weighted by molar-refractivity contribution is -0.119. The van der Waals surface area contributed by atoms with Gasteiger partial charge in [-0.2, -0.15) is 0 Å². The fourth-order valence-electron chi connectivity index (χ4n) is 3.43. The molecule has 0 aliphatic carbocycles. The largest absolute Gasteiger partial charge is 0.315 e. The molecule has 1 fully saturated rings. The van der Waals surface area contributed by atoms with Gasteiger partial charge >= 0.3 is 0 Å². The van der Waals surface area contributed by atoms with Gasteiger partial charge in [-0.3, -0.25) is 4.79 Å². The lowest BCUT2D eigenvalue weighted by Crippen LogP contribution is -2.28. The molecular weight excluding hydrogens is 298 g/mol. The summed E-state index contributed by atoms with van der Waals surface area (Å²) in [6, 6.07) is 20.1. The smallest absolute Gasteiger partial charge is 0.230 e. The molecule has 1 aliphatic rings. The van der Waals surface area contributed by atoms with Gasteiger partial charge in [0.15, 0.2) is 0 Å². The van der Waals surface area contributed by atoms with E-state index in [1.807, 2.05) is 48.5 Å². The molecule has 3 aromatic rings. The summed E-state index contributed by atoms with van der Waals surface area (Å²) in [5.41, 5.74) is 1.20. The number of nitrogens with zero attached hydrogens (tertiary/aromatic N) is 1. The number of fused-ring (bicyclic) bond motifs is 1. The number of carbonyl (C=O) groups excluding carboxylic acids is 1. The minimum absolute atomic E-state index is 0.0257. The average molecular weight is 317 g/mol. The van der Waals surface area contributed by atoms with Gasteiger partial charge in [0.25, 0.3) is 0 Å². The van der Waals surface area contributed by atoms with Crippen molar-refractivity contribution in [2.24, 2.45) is 5.92 Å². The molecule has 4 rings (SSSR count). The molecule has 1 amide bonds. The number of hydrogen-bond acceptors (Lipinski definition) is 3. The van der Waals surface area contributed by atoms with Crippen molar-refractivity contribution in [2.75, 3.05) is 18.4 Å². The maximum atomic E-state index is 12.9. The molecule has 4 nitrogen and oxygen atoms in total. The summed E-state index contributed by atoms with van der Waals surface area (Å²) < 4.78 is 0. The van der Waals surface area contributed by atoms with Crippen molar-refractivity contribution in [2.45, 2.75) is 5.92 Å². The molecule has 24 heavy (non-hydrogen) atoms. The SMILES string of the molecule is O=C(Nc1nccc2ccccc12)[C@H]1CNC[C@@H]1c1ccccc1. The first-order chi connectivity index (χ1) is 11.8. The third-order valence-corrected chi connectivity index (χ3v) is 4.69. The Bertz CT molecular complexity index is 858. The second-order valence-electron chi connectivity index (χ2n) is 6.15. The molecule has 2 heterocycles. The minimum atomic E-state index is -0.0897. The van der Waals surface area contributed by atoms with E-state index in [0.717, 1.165) is 17.3 Å². The maximum Gasteiger partial charge on any atom is 0.230 e. The quantitative estimate of drug-likeness (QED) is 0.780. The summed E-state index contributed by atoms with van der Waals surface area (Å²) in [5.74, 6) is 0.767. The average Bonchev–Trinajstić information content (AvgIpc) is 3.13. The van der Waals surface area contributed by atoms with E-state index in [2.05, 4.69) is 27.8 Å². The van der Waals surface area contributed by atoms with E-state index in [4.69, 9.17) is 0 Å². The second-order valence-corrected chi connectivity index (χ2v) is 6.15. The summed E-state index contributed by atoms with van der Waals surface area (Å²) >= 11 is 0. The zero-order valence-electron chi connectivity index (χ0n) is 13.3. The molecular formula is C20H19N3O. The van der Waals surface area contributed by atoms with E-state index in [1.54, 1.807) is 6.20 Å². The van der Waals surface area contributed by atoms with Gasteiger partial charge in [0, 0.05) is 30.6 Å². The Hall–Kier alpha value is -2.72. The lowest BCUT2D eigenvalue weighted by atomic mass is 9.88. The van der Waals surface area contributed by atoms with Gasteiger partial charge in [-0.15, -0.1) is 0 Å². The van der Waals surface area contributed by atoms with Crippen molar-refractivity contribution in [1.82, 2.24) is 10.3 Å². The normalized spacial score (nSPS) is 20.2. The van der Waals surface area contributed by atoms with Crippen LogP contribution in [-0.4, -0.2) is 24.0 Å². The van der Waals surface area contributed by atoms with Gasteiger partial charge in [-0.05, 0) is 17.0 Å². The van der Waals surface area contributed by atoms with Gasteiger partial charge < -0.3 is 10.6 Å². The maximum absolute atomic E-state index is 12.9. The highest BCUT2D eigenvalue weighted by Crippen LogP contribution is 2.29. The molecule has 1 aromatic heterocycles. The van der Waals surface area contributed by atoms with Crippen LogP contribution in [0.4, 0.5) is 5.82 Å². The Morgan fingerprint density at radius 1 is 1.00 bits per heavy atom. The summed E-state index contributed by atoms with van der Waals surface area (Å²) in [7, 11) is 0. The Labute approximate surface area is 140 Å². The first-order valence-electron chi connectivity index (χ1n) is 8.23. The van der Waals surface area contributed by atoms with E-state index in [1.165, 1.54) is 5.56 Å². The monoisotopic (exact) mass is 317 g/mol. The highest BCUT2D eigenvalue weighted by Gasteiger charge is 2.34. The van der Waals surface area contributed by atoms with Crippen LogP contribution in [-0.2, 0) is 4.79 Å². The molecule has 2 N–H and O–H groups in total. The number of amides is 1. The lowest BCUT2D eigenvalue weighted by Gasteiger charge is -2.18. The van der Waals surface area contributed by atoms with Gasteiger partial charge in [0.05, 0.1) is 5.92 Å². The fraction of sp³-hybridized carbons (Fsp3) is 0.200. The van der Waals surface area contributed by atoms with Crippen LogP contribution in [0.2, 0.25) is 0 Å². The number of nitrogens with one attached hydrogen (secondary N) is 2. The van der Waals surface area contributed by atoms with Crippen LogP contribution < -0.4 is 10.6 Å². The zero-order valence-corrected chi connectivity index (χ0v) is 13.3. The molecule has 0 saturated carbocycles. The molecule has 0 spiro atoms. The molecule has 0 unspecified atom stereocenters. The van der Waals surface area contributed by atoms with Crippen LogP contribution in [0.25, 0.3) is 10.8 Å². The predicted molar refractivity (Wildman–Crippen MR) is 95.9 cm³/mol. The van der Waals surface area contributed by atoms with Crippen molar-refractivity contribution in [3.63, 3.8) is 0 Å². The van der Waals surface area contributed by atoms with Crippen LogP contribution in [0.3, 0.4) is 0 Å². The third kappa shape index (κ3) is 2.76. The summed E-state index contributed by atoms with van der Waals surface area (Å²) in [6.45, 7) is 1.52. The van der Waals surface area contributed by atoms with Gasteiger partial charge in [-0.25, -0.2) is 4.98 Å². The third-order valence-electron chi connectivity index (χ3n) is 4.69. The molecule has 0 radical (unpaired) electrons. The number of hydrogen-bond donors (Lipinski definition) is 2. The predicted octanol–water partition coefficient (Wildman–Crippen LogP) is 3.18. The van der Waals surface area contributed by atoms with E-state index in [9.17, 15) is 4.79 Å². The van der Waals surface area contributed by atoms with Gasteiger partial charge in [-0.1, -0.05) is 54.6 Å². The van der Waals surface area contributed by atoms with Crippen molar-refractivity contribution in [3.05, 3.63) is 72.4 Å². The van der Waals surface area contributed by atoms with Gasteiger partial charge in [0.1, 0.15) is 5.82 Å². The molecule has 1 aliphatic heterocycles. The highest BCUT2D eigenvalue weighted by atomic mass is 16.2. The molecule has 4 heteroatoms. The number of aromatic nitrogens is 1. The van der Waals surface area contributed by atoms with Crippen molar-refractivity contribution in [1.29, 1.82) is 0 Å². The Morgan fingerprint density at radius 2 is 1.79 bits per heavy atom. The van der Waals surface area contributed by atoms with E-state index in [0.29, 0.717) is 12.4 Å². The molecule has 0 bridgehead atoms. The van der Waals surface area contributed by atoms with Crippen molar-refractivity contribution in [3.8, 4) is 0 Å². The standard InChI is InChI=1S/C20H19N3O/c24-20(18-13-21-12-17(18)14-6-2-1-3-7-14)23-19-16-9-5-4-8-15(16)10-11-22-19/h1-11,17-18,21H,12-13H2,(H,22,23,24)/t17-,18+/m1/s1. The number of anilines is 1. The summed E-state index contributed by atoms with van der Waals surface area (Å²) in [4.78, 5) is 17.2. The van der Waals surface area contributed by atoms with Crippen LogP contribution in [0, 0.1) is 5.92 Å². The Kier molecular flexibility index (Phi) is 3.97. The zero-order chi connectivity index (χ0) is 16.4. The number of carbonyl (C=O) groups is 1. The number of benzene rings is 2. The molecule has 2 aromatic carbocycles. The van der Waals surface area contributed by atoms with Crippen molar-refractivity contribution < 1.29 is 4.79 Å². The van der Waals surface area contributed by atoms with E-state index < -0.39 is 0 Å². The van der Waals surface area contributed by atoms with Crippen molar-refractivity contribution >= 4 is 22.5 Å². The summed E-state index contributed by atoms with van der Waals surface area (Å²) in [5, 5.41) is 8.42. The first-order valence-corrected chi connectivity index (χ1v) is 8.23. The Balaban J connectivity index is 1.59. The number of pyridine rings is 1. The van der Waals surface area contributed by atoms with E-state index in [-0.39, 0.29) is 17.7 Å². The van der Waals surface area contributed by atoms with Crippen LogP contribution in [0.15, 0.2) is 66.9 Å². The van der Waals surface area contributed by atoms with E-state index >= 15 is 0 Å². The molecule has 2 atom stereocenters. The molecule has 1 saturated heterocycles. The summed E-state index contributed by atoms with van der Waals surface area (Å²) in [6.07, 6.45) is 1.74. The Morgan fingerprint density at radius 3 is 2.67 bits per heavy atom. The van der Waals surface area contributed by atoms with Gasteiger partial charge in [0.2, 0.25) is 5.91 Å². The van der Waals surface area contributed by atoms with Crippen LogP contribution in [0.5, 0.6) is 0 Å².